The quantitative estimate of drug-likeness (QED) is 0.327. The fraction of sp³-hybridized carbons (Fsp3) is 0.235. The molecule has 2 aromatic rings. The molecule has 2 N–H and O–H groups in total. The molecule has 11 heteroatoms. The SMILES string of the molecule is O=C(O)C(Cc1ccccc1)SCCNS(=O)(=O)c1ccc(Cl)c([N+](=O)[O-])c1. The van der Waals surface area contributed by atoms with E-state index in [-0.39, 0.29) is 22.2 Å². The monoisotopic (exact) mass is 444 g/mol. The van der Waals surface area contributed by atoms with E-state index < -0.39 is 31.9 Å². The number of hydrogen-bond donors (Lipinski definition) is 2. The van der Waals surface area contributed by atoms with Crippen molar-refractivity contribution in [3.63, 3.8) is 0 Å². The summed E-state index contributed by atoms with van der Waals surface area (Å²) < 4.78 is 26.9. The van der Waals surface area contributed by atoms with E-state index in [2.05, 4.69) is 4.72 Å². The summed E-state index contributed by atoms with van der Waals surface area (Å²) in [6.07, 6.45) is 0.316. The van der Waals surface area contributed by atoms with E-state index in [1.807, 2.05) is 30.3 Å². The summed E-state index contributed by atoms with van der Waals surface area (Å²) in [6.45, 7) is -0.0258. The highest BCUT2D eigenvalue weighted by molar-refractivity contribution is 8.00. The molecule has 28 heavy (non-hydrogen) atoms. The van der Waals surface area contributed by atoms with Gasteiger partial charge in [0.05, 0.1) is 9.82 Å². The number of carboxylic acid groups (broad SMARTS) is 1. The van der Waals surface area contributed by atoms with Crippen molar-refractivity contribution in [3.05, 3.63) is 69.2 Å². The van der Waals surface area contributed by atoms with E-state index in [1.54, 1.807) is 0 Å². The number of nitrogens with one attached hydrogen (secondary N) is 1. The number of carbonyl (C=O) groups is 1. The van der Waals surface area contributed by atoms with Crippen LogP contribution in [0.15, 0.2) is 53.4 Å². The van der Waals surface area contributed by atoms with Crippen molar-refractivity contribution in [2.75, 3.05) is 12.3 Å². The number of nitro benzene ring substituents is 1. The fourth-order valence-corrected chi connectivity index (χ4v) is 4.63. The molecule has 0 aliphatic rings. The minimum Gasteiger partial charge on any atom is -0.480 e. The zero-order chi connectivity index (χ0) is 20.7. The molecule has 8 nitrogen and oxygen atoms in total. The smallest absolute Gasteiger partial charge is 0.316 e. The highest BCUT2D eigenvalue weighted by atomic mass is 35.5. The summed E-state index contributed by atoms with van der Waals surface area (Å²) in [5.74, 6) is -0.761. The first-order chi connectivity index (χ1) is 13.2. The van der Waals surface area contributed by atoms with Gasteiger partial charge in [-0.2, -0.15) is 0 Å². The lowest BCUT2D eigenvalue weighted by Gasteiger charge is -2.13. The standard InChI is InChI=1S/C17H17ClN2O6S2/c18-14-7-6-13(11-15(14)20(23)24)28(25,26)19-8-9-27-16(17(21)22)10-12-4-2-1-3-5-12/h1-7,11,16,19H,8-10H2,(H,21,22). The van der Waals surface area contributed by atoms with Crippen LogP contribution in [0.4, 0.5) is 5.69 Å². The zero-order valence-corrected chi connectivity index (χ0v) is 16.8. The fourth-order valence-electron chi connectivity index (χ4n) is 2.31. The third-order valence-electron chi connectivity index (χ3n) is 3.68. The number of carboxylic acids is 1. The number of nitro groups is 1. The first-order valence-corrected chi connectivity index (χ1v) is 10.9. The number of thioether (sulfide) groups is 1. The summed E-state index contributed by atoms with van der Waals surface area (Å²) in [6, 6.07) is 12.3. The molecule has 0 saturated carbocycles. The van der Waals surface area contributed by atoms with Crippen LogP contribution in [0.25, 0.3) is 0 Å². The molecule has 1 unspecified atom stereocenters. The van der Waals surface area contributed by atoms with Crippen molar-refractivity contribution in [3.8, 4) is 0 Å². The van der Waals surface area contributed by atoms with Crippen LogP contribution in [0.1, 0.15) is 5.56 Å². The lowest BCUT2D eigenvalue weighted by molar-refractivity contribution is -0.384. The number of benzene rings is 2. The summed E-state index contributed by atoms with van der Waals surface area (Å²) in [5, 5.41) is 19.4. The Morgan fingerprint density at radius 1 is 1.25 bits per heavy atom. The Balaban J connectivity index is 1.95. The Labute approximate surface area is 171 Å². The van der Waals surface area contributed by atoms with Gasteiger partial charge in [-0.15, -0.1) is 11.8 Å². The van der Waals surface area contributed by atoms with Gasteiger partial charge in [-0.25, -0.2) is 13.1 Å². The molecule has 0 aliphatic carbocycles. The van der Waals surface area contributed by atoms with Crippen LogP contribution in [0, 0.1) is 10.1 Å². The van der Waals surface area contributed by atoms with Gasteiger partial charge in [0.15, 0.2) is 0 Å². The topological polar surface area (TPSA) is 127 Å². The molecule has 0 saturated heterocycles. The lowest BCUT2D eigenvalue weighted by atomic mass is 10.1. The van der Waals surface area contributed by atoms with Gasteiger partial charge in [0.2, 0.25) is 10.0 Å². The Bertz CT molecular complexity index is 953. The van der Waals surface area contributed by atoms with Crippen LogP contribution < -0.4 is 4.72 Å². The molecule has 0 radical (unpaired) electrons. The summed E-state index contributed by atoms with van der Waals surface area (Å²) in [4.78, 5) is 21.3. The zero-order valence-electron chi connectivity index (χ0n) is 14.4. The van der Waals surface area contributed by atoms with Gasteiger partial charge in [0.25, 0.3) is 5.69 Å². The molecule has 2 aromatic carbocycles. The van der Waals surface area contributed by atoms with Gasteiger partial charge in [0, 0.05) is 18.4 Å². The highest BCUT2D eigenvalue weighted by Crippen LogP contribution is 2.27. The van der Waals surface area contributed by atoms with Gasteiger partial charge in [-0.1, -0.05) is 41.9 Å². The molecule has 0 bridgehead atoms. The average Bonchev–Trinajstić information content (AvgIpc) is 2.64. The second kappa shape index (κ2) is 9.87. The molecular weight excluding hydrogens is 428 g/mol. The van der Waals surface area contributed by atoms with Crippen molar-refractivity contribution < 1.29 is 23.2 Å². The number of sulfonamides is 1. The summed E-state index contributed by atoms with van der Waals surface area (Å²) in [5.41, 5.74) is 0.365. The molecule has 0 spiro atoms. The van der Waals surface area contributed by atoms with Crippen molar-refractivity contribution in [2.24, 2.45) is 0 Å². The minimum atomic E-state index is -3.98. The van der Waals surface area contributed by atoms with Crippen LogP contribution in [0.5, 0.6) is 0 Å². The molecule has 1 atom stereocenters. The molecule has 0 aromatic heterocycles. The molecular formula is C17H17ClN2O6S2. The molecule has 0 fully saturated rings. The maximum atomic E-state index is 12.3. The molecule has 0 amide bonds. The first-order valence-electron chi connectivity index (χ1n) is 8.02. The number of nitrogens with zero attached hydrogens (tertiary/aromatic N) is 1. The van der Waals surface area contributed by atoms with Crippen molar-refractivity contribution in [1.29, 1.82) is 0 Å². The van der Waals surface area contributed by atoms with Gasteiger partial charge < -0.3 is 5.11 Å². The van der Waals surface area contributed by atoms with E-state index in [1.165, 1.54) is 6.07 Å². The summed E-state index contributed by atoms with van der Waals surface area (Å²) >= 11 is 6.80. The van der Waals surface area contributed by atoms with Gasteiger partial charge in [-0.05, 0) is 24.1 Å². The Kier molecular flexibility index (Phi) is 7.81. The third-order valence-corrected chi connectivity index (χ3v) is 6.67. The Morgan fingerprint density at radius 2 is 1.93 bits per heavy atom. The van der Waals surface area contributed by atoms with E-state index in [0.717, 1.165) is 29.5 Å². The third kappa shape index (κ3) is 6.20. The average molecular weight is 445 g/mol. The summed E-state index contributed by atoms with van der Waals surface area (Å²) in [7, 11) is -3.98. The van der Waals surface area contributed by atoms with Crippen molar-refractivity contribution >= 4 is 45.0 Å². The number of halogens is 1. The largest absolute Gasteiger partial charge is 0.480 e. The van der Waals surface area contributed by atoms with E-state index >= 15 is 0 Å². The van der Waals surface area contributed by atoms with Crippen molar-refractivity contribution in [2.45, 2.75) is 16.6 Å². The number of aliphatic carboxylic acids is 1. The molecule has 150 valence electrons. The van der Waals surface area contributed by atoms with Crippen LogP contribution in [-0.4, -0.2) is 42.0 Å². The van der Waals surface area contributed by atoms with E-state index in [0.29, 0.717) is 6.42 Å². The lowest BCUT2D eigenvalue weighted by Crippen LogP contribution is -2.28. The van der Waals surface area contributed by atoms with E-state index in [9.17, 15) is 28.4 Å². The van der Waals surface area contributed by atoms with Crippen LogP contribution >= 0.6 is 23.4 Å². The molecule has 2 rings (SSSR count). The number of hydrogen-bond acceptors (Lipinski definition) is 6. The minimum absolute atomic E-state index is 0.0258. The van der Waals surface area contributed by atoms with Gasteiger partial charge in [0.1, 0.15) is 10.3 Å². The van der Waals surface area contributed by atoms with Gasteiger partial charge in [-0.3, -0.25) is 14.9 Å². The predicted octanol–water partition coefficient (Wildman–Crippen LogP) is 2.96. The molecule has 0 aliphatic heterocycles. The second-order valence-electron chi connectivity index (χ2n) is 5.66. The van der Waals surface area contributed by atoms with Crippen LogP contribution in [-0.2, 0) is 21.2 Å². The van der Waals surface area contributed by atoms with E-state index in [4.69, 9.17) is 11.6 Å². The van der Waals surface area contributed by atoms with Crippen LogP contribution in [0.2, 0.25) is 5.02 Å². The van der Waals surface area contributed by atoms with Crippen LogP contribution in [0.3, 0.4) is 0 Å². The maximum absolute atomic E-state index is 12.3. The highest BCUT2D eigenvalue weighted by Gasteiger charge is 2.22. The predicted molar refractivity (Wildman–Crippen MR) is 107 cm³/mol. The maximum Gasteiger partial charge on any atom is 0.316 e. The van der Waals surface area contributed by atoms with Gasteiger partial charge >= 0.3 is 5.97 Å². The normalized spacial score (nSPS) is 12.5. The Hall–Kier alpha value is -2.14. The van der Waals surface area contributed by atoms with Crippen molar-refractivity contribution in [1.82, 2.24) is 4.72 Å². The number of rotatable bonds is 10. The first kappa shape index (κ1) is 22.2. The Morgan fingerprint density at radius 3 is 2.54 bits per heavy atom. The second-order valence-corrected chi connectivity index (χ2v) is 9.14. The molecule has 0 heterocycles.